The van der Waals surface area contributed by atoms with Gasteiger partial charge in [0.2, 0.25) is 0 Å². The van der Waals surface area contributed by atoms with Crippen molar-refractivity contribution in [2.75, 3.05) is 0 Å². The van der Waals surface area contributed by atoms with E-state index in [2.05, 4.69) is 95.8 Å². The first-order valence-electron chi connectivity index (χ1n) is 9.48. The van der Waals surface area contributed by atoms with E-state index in [1.165, 1.54) is 11.1 Å². The molecule has 0 fully saturated rings. The molecule has 0 aromatic heterocycles. The largest absolute Gasteiger partial charge is 0.147 e. The van der Waals surface area contributed by atoms with Crippen LogP contribution < -0.4 is 0 Å². The second-order valence-electron chi connectivity index (χ2n) is 11.2. The monoisotopic (exact) mass is 456 g/mol. The van der Waals surface area contributed by atoms with Gasteiger partial charge in [0.1, 0.15) is 0 Å². The molecule has 142 valence electrons. The normalized spacial score (nSPS) is 25.1. The zero-order valence-corrected chi connectivity index (χ0v) is 22.8. The maximum atomic E-state index is 2.66. The minimum atomic E-state index is -3.10. The summed E-state index contributed by atoms with van der Waals surface area (Å²) in [5.74, 6) is 1.20. The van der Waals surface area contributed by atoms with Gasteiger partial charge in [0.25, 0.3) is 0 Å². The van der Waals surface area contributed by atoms with Crippen molar-refractivity contribution in [3.8, 4) is 0 Å². The Bertz CT molecular complexity index is 684. The van der Waals surface area contributed by atoms with Gasteiger partial charge in [0, 0.05) is 0 Å². The molecule has 2 rings (SSSR count). The molecular formula is C22H39ClSiZr. The van der Waals surface area contributed by atoms with Gasteiger partial charge in [-0.15, -0.1) is 12.4 Å². The van der Waals surface area contributed by atoms with Crippen LogP contribution in [0.15, 0.2) is 42.0 Å². The molecule has 0 aromatic carbocycles. The molecule has 0 saturated heterocycles. The van der Waals surface area contributed by atoms with Crippen LogP contribution in [0.3, 0.4) is 0 Å². The van der Waals surface area contributed by atoms with Gasteiger partial charge in [0.15, 0.2) is 0 Å². The third kappa shape index (κ3) is 4.44. The Balaban J connectivity index is 0.00000312. The molecule has 0 heterocycles. The first-order valence-corrected chi connectivity index (χ1v) is 22.8. The minimum absolute atomic E-state index is 0. The summed E-state index contributed by atoms with van der Waals surface area (Å²) < 4.78 is 8.87. The Morgan fingerprint density at radius 1 is 0.760 bits per heavy atom. The number of hydrogen-bond acceptors (Lipinski definition) is 0. The van der Waals surface area contributed by atoms with Crippen molar-refractivity contribution in [3.05, 3.63) is 42.0 Å². The van der Waals surface area contributed by atoms with E-state index in [0.29, 0.717) is 11.8 Å². The molecule has 0 nitrogen and oxygen atoms in total. The van der Waals surface area contributed by atoms with Crippen LogP contribution in [0, 0.1) is 22.7 Å². The Morgan fingerprint density at radius 3 is 1.24 bits per heavy atom. The minimum Gasteiger partial charge on any atom is -0.147 e. The second-order valence-corrected chi connectivity index (χ2v) is 39.8. The van der Waals surface area contributed by atoms with Crippen molar-refractivity contribution in [3.63, 3.8) is 0 Å². The van der Waals surface area contributed by atoms with Crippen molar-refractivity contribution < 1.29 is 17.4 Å². The predicted octanol–water partition coefficient (Wildman–Crippen LogP) is 6.75. The Morgan fingerprint density at radius 2 is 1.04 bits per heavy atom. The Labute approximate surface area is 165 Å². The summed E-state index contributed by atoms with van der Waals surface area (Å²) in [6.45, 7) is 21.3. The van der Waals surface area contributed by atoms with Crippen molar-refractivity contribution in [1.29, 1.82) is 0 Å². The van der Waals surface area contributed by atoms with E-state index < -0.39 is 17.4 Å². The zero-order valence-electron chi connectivity index (χ0n) is 18.1. The fraction of sp³-hybridized carbons (Fsp3) is 0.636. The molecule has 0 spiro atoms. The third-order valence-corrected chi connectivity index (χ3v) is 22.9. The van der Waals surface area contributed by atoms with Gasteiger partial charge in [-0.1, -0.05) is 0 Å². The van der Waals surface area contributed by atoms with Gasteiger partial charge in [-0.05, 0) is 0 Å². The van der Waals surface area contributed by atoms with Crippen molar-refractivity contribution in [2.24, 2.45) is 22.7 Å². The summed E-state index contributed by atoms with van der Waals surface area (Å²) in [6.07, 6.45) is 10.2. The summed E-state index contributed by atoms with van der Waals surface area (Å²) >= 11 is -3.10. The quantitative estimate of drug-likeness (QED) is 0.402. The van der Waals surface area contributed by atoms with E-state index >= 15 is 0 Å². The van der Waals surface area contributed by atoms with E-state index in [1.807, 2.05) is 0 Å². The van der Waals surface area contributed by atoms with Crippen LogP contribution in [-0.2, 0) is 17.4 Å². The Kier molecular flexibility index (Phi) is 6.31. The van der Waals surface area contributed by atoms with Gasteiger partial charge < -0.3 is 0 Å². The van der Waals surface area contributed by atoms with Gasteiger partial charge in [-0.2, -0.15) is 0 Å². The van der Waals surface area contributed by atoms with Crippen LogP contribution >= 0.6 is 12.4 Å². The summed E-state index contributed by atoms with van der Waals surface area (Å²) in [7, 11) is 0. The molecule has 0 bridgehead atoms. The van der Waals surface area contributed by atoms with Gasteiger partial charge >= 0.3 is 154 Å². The zero-order chi connectivity index (χ0) is 18.7. The van der Waals surface area contributed by atoms with Gasteiger partial charge in [0.05, 0.1) is 0 Å². The molecule has 2 unspecified atom stereocenters. The van der Waals surface area contributed by atoms with Crippen molar-refractivity contribution in [2.45, 2.75) is 64.7 Å². The number of rotatable bonds is 2. The Hall–Kier alpha value is 0.350. The SMILES string of the molecule is CC1C=C(C(C)(C)C)C=[C]1[Zr]([CH3])([CH3])(=[SiH2])[C]1=CC(C(C)(C)C)=CC1C.Cl. The molecule has 0 N–H and O–H groups in total. The smallest absolute Gasteiger partial charge is 0.147 e. The fourth-order valence-corrected chi connectivity index (χ4v) is 20.9. The van der Waals surface area contributed by atoms with Crippen LogP contribution in [0.4, 0.5) is 0 Å². The summed E-state index contributed by atoms with van der Waals surface area (Å²) in [4.78, 5) is 0. The number of halogens is 1. The average molecular weight is 458 g/mol. The molecule has 2 aliphatic rings. The first kappa shape index (κ1) is 23.4. The molecule has 0 aliphatic heterocycles. The summed E-state index contributed by atoms with van der Waals surface area (Å²) in [6, 6.07) is 0. The van der Waals surface area contributed by atoms with Crippen LogP contribution in [0.25, 0.3) is 0 Å². The van der Waals surface area contributed by atoms with Gasteiger partial charge in [-0.25, -0.2) is 0 Å². The molecule has 0 amide bonds. The molecular weight excluding hydrogens is 419 g/mol. The van der Waals surface area contributed by atoms with E-state index in [0.717, 1.165) is 0 Å². The molecule has 0 radical (unpaired) electrons. The maximum absolute atomic E-state index is 3.10. The fourth-order valence-electron chi connectivity index (χ4n) is 4.44. The standard InChI is InChI=1S/2C10H15.2CH3.ClH.H2Si.Zr/c2*1-8-5-6-9(7-8)10(2,3)4;;;;;/h2*6-8H,1-4H3;2*1H3;1H;1H2;. The van der Waals surface area contributed by atoms with Gasteiger partial charge in [-0.3, -0.25) is 0 Å². The maximum Gasteiger partial charge on any atom is -0.147 e. The van der Waals surface area contributed by atoms with Crippen molar-refractivity contribution in [1.82, 2.24) is 0 Å². The molecule has 2 atom stereocenters. The van der Waals surface area contributed by atoms with Crippen molar-refractivity contribution >= 4 is 19.3 Å². The third-order valence-electron chi connectivity index (χ3n) is 6.05. The first-order chi connectivity index (χ1) is 10.5. The summed E-state index contributed by atoms with van der Waals surface area (Å²) in [5, 5.41) is 0. The van der Waals surface area contributed by atoms with E-state index in [4.69, 9.17) is 0 Å². The van der Waals surface area contributed by atoms with Crippen LogP contribution in [0.1, 0.15) is 55.4 Å². The molecule has 25 heavy (non-hydrogen) atoms. The molecule has 3 heteroatoms. The van der Waals surface area contributed by atoms with Crippen LogP contribution in [-0.4, -0.2) is 6.88 Å². The van der Waals surface area contributed by atoms with E-state index in [-0.39, 0.29) is 23.2 Å². The second kappa shape index (κ2) is 6.75. The number of hydrogen-bond donors (Lipinski definition) is 0. The molecule has 2 aliphatic carbocycles. The van der Waals surface area contributed by atoms with E-state index in [1.54, 1.807) is 6.56 Å². The van der Waals surface area contributed by atoms with E-state index in [9.17, 15) is 0 Å². The summed E-state index contributed by atoms with van der Waals surface area (Å²) in [5.41, 5.74) is 3.58. The molecule has 0 saturated carbocycles. The topological polar surface area (TPSA) is 0 Å². The average Bonchev–Trinajstić information content (AvgIpc) is 2.91. The van der Waals surface area contributed by atoms with Crippen LogP contribution in [0.2, 0.25) is 9.26 Å². The van der Waals surface area contributed by atoms with Crippen LogP contribution in [0.5, 0.6) is 0 Å². The number of allylic oxidation sites excluding steroid dienone is 8. The molecule has 0 aromatic rings. The predicted molar refractivity (Wildman–Crippen MR) is 117 cm³/mol.